The summed E-state index contributed by atoms with van der Waals surface area (Å²) in [6.45, 7) is 16.3. The fraction of sp³-hybridized carbons (Fsp3) is 0.737. The first-order valence-corrected chi connectivity index (χ1v) is 29.0. The lowest BCUT2D eigenvalue weighted by molar-refractivity contribution is -0.118. The van der Waals surface area contributed by atoms with Crippen molar-refractivity contribution >= 4 is 61.7 Å². The highest BCUT2D eigenvalue weighted by molar-refractivity contribution is 7.48. The Morgan fingerprint density at radius 2 is 1.69 bits per heavy atom. The third kappa shape index (κ3) is 11.6. The van der Waals surface area contributed by atoms with Crippen LogP contribution < -0.4 is 16.2 Å². The summed E-state index contributed by atoms with van der Waals surface area (Å²) in [6, 6.07) is 0.801. The number of alkyl halides is 1. The second-order valence-electron chi connectivity index (χ2n) is 18.3. The van der Waals surface area contributed by atoms with E-state index in [-0.39, 0.29) is 47.0 Å². The minimum atomic E-state index is -5.23. The van der Waals surface area contributed by atoms with Crippen LogP contribution in [-0.2, 0) is 49.8 Å². The van der Waals surface area contributed by atoms with E-state index in [1.165, 1.54) is 23.5 Å². The van der Waals surface area contributed by atoms with Crippen molar-refractivity contribution in [1.29, 1.82) is 5.26 Å². The molecule has 67 heavy (non-hydrogen) atoms. The number of imidazole rings is 1. The maximum Gasteiger partial charge on any atom is 0.475 e. The summed E-state index contributed by atoms with van der Waals surface area (Å²) >= 11 is 0. The van der Waals surface area contributed by atoms with Crippen LogP contribution in [0.3, 0.4) is 0 Å². The number of anilines is 2. The molecule has 372 valence electrons. The Hall–Kier alpha value is -3.46. The van der Waals surface area contributed by atoms with Crippen molar-refractivity contribution in [2.45, 2.75) is 147 Å². The first-order valence-electron chi connectivity index (χ1n) is 22.1. The van der Waals surface area contributed by atoms with E-state index in [0.29, 0.717) is 0 Å². The molecule has 10 atom stereocenters. The minimum Gasteiger partial charge on any atom is -0.414 e. The summed E-state index contributed by atoms with van der Waals surface area (Å²) in [5, 5.41) is 14.9. The van der Waals surface area contributed by atoms with Gasteiger partial charge in [-0.15, -0.1) is 0 Å². The number of amides is 1. The van der Waals surface area contributed by atoms with E-state index in [0.717, 1.165) is 0 Å². The van der Waals surface area contributed by atoms with E-state index < -0.39 is 130 Å². The highest BCUT2D eigenvalue weighted by atomic mass is 31.2. The highest BCUT2D eigenvalue weighted by Gasteiger charge is 2.61. The molecule has 3 aromatic rings. The molecule has 3 fully saturated rings. The van der Waals surface area contributed by atoms with E-state index in [4.69, 9.17) is 35.9 Å². The van der Waals surface area contributed by atoms with Crippen molar-refractivity contribution < 1.29 is 63.9 Å². The molecule has 2 aliphatic heterocycles. The van der Waals surface area contributed by atoms with Crippen LogP contribution in [0.4, 0.5) is 16.3 Å². The van der Waals surface area contributed by atoms with Gasteiger partial charge in [0.15, 0.2) is 17.4 Å². The number of nitriles is 1. The fourth-order valence-electron chi connectivity index (χ4n) is 8.32. The molecule has 2 bridgehead atoms. The topological polar surface area (TPSA) is 316 Å². The molecular formula is C38H61FN10O14P2Si2. The standard InChI is InChI=1S/C38H61FN10O14P2Si2/c1-20(2)34(50)47-38-46-33-29(35(51)48-38)44-19-49(33)36-32-31(62-67(23(7)8,24(9)10)63-66(55,21(3)4)22(5)6)27(59-36)16-57-64(52,53)60-30-25(15-58-65(54,61-32)56-13-11-12-40)14-26(28(30)39)45-37-42-17-41-18-43-37/h17-28,30-32,36,55H,11,13-16H2,1-10H3,(H,52,53)(H,41,42,43,45)(H2,46,47,48,50,51)/t25-,26-,27-,28+,30-,31-,32-,36-,65-/m1/s1. The third-order valence-corrected chi connectivity index (χ3v) is 24.2. The van der Waals surface area contributed by atoms with Crippen LogP contribution in [0.1, 0.15) is 88.3 Å². The Kier molecular flexibility index (Phi) is 16.8. The second-order valence-corrected chi connectivity index (χ2v) is 29.9. The van der Waals surface area contributed by atoms with Crippen molar-refractivity contribution in [1.82, 2.24) is 34.5 Å². The van der Waals surface area contributed by atoms with Gasteiger partial charge in [0.05, 0.1) is 44.7 Å². The fourth-order valence-corrected chi connectivity index (χ4v) is 20.6. The summed E-state index contributed by atoms with van der Waals surface area (Å²) < 4.78 is 97.3. The van der Waals surface area contributed by atoms with Crippen LogP contribution in [-0.4, -0.2) is 124 Å². The van der Waals surface area contributed by atoms with Crippen LogP contribution in [0.25, 0.3) is 11.2 Å². The molecule has 1 amide bonds. The molecule has 1 aliphatic carbocycles. The predicted molar refractivity (Wildman–Crippen MR) is 241 cm³/mol. The molecule has 1 saturated carbocycles. The number of hydrogen-bond acceptors (Lipinski definition) is 20. The van der Waals surface area contributed by atoms with E-state index in [1.807, 2.05) is 61.5 Å². The monoisotopic (exact) mass is 1020 g/mol. The number of fused-ring (bicyclic) bond motifs is 4. The normalized spacial score (nSPS) is 29.8. The number of rotatable bonds is 16. The van der Waals surface area contributed by atoms with Crippen molar-refractivity contribution in [3.63, 3.8) is 0 Å². The molecule has 6 rings (SSSR count). The Balaban J connectivity index is 1.52. The average molecular weight is 1020 g/mol. The summed E-state index contributed by atoms with van der Waals surface area (Å²) in [5.74, 6) is -2.30. The van der Waals surface area contributed by atoms with Crippen molar-refractivity contribution in [2.75, 3.05) is 30.5 Å². The summed E-state index contributed by atoms with van der Waals surface area (Å²) in [7, 11) is -17.7. The summed E-state index contributed by atoms with van der Waals surface area (Å²) in [4.78, 5) is 72.8. The molecule has 2 saturated heterocycles. The largest absolute Gasteiger partial charge is 0.475 e. The van der Waals surface area contributed by atoms with E-state index >= 15 is 8.96 Å². The maximum absolute atomic E-state index is 16.4. The van der Waals surface area contributed by atoms with E-state index in [9.17, 15) is 29.1 Å². The van der Waals surface area contributed by atoms with Crippen LogP contribution in [0.15, 0.2) is 23.8 Å². The molecular weight excluding hydrogens is 958 g/mol. The van der Waals surface area contributed by atoms with Gasteiger partial charge < -0.3 is 28.3 Å². The molecule has 24 nitrogen and oxygen atoms in total. The molecule has 0 aromatic carbocycles. The first kappa shape index (κ1) is 52.9. The lowest BCUT2D eigenvalue weighted by atomic mass is 10.1. The molecule has 1 unspecified atom stereocenters. The molecule has 0 radical (unpaired) electrons. The number of aromatic nitrogens is 7. The van der Waals surface area contributed by atoms with Gasteiger partial charge in [-0.2, -0.15) is 10.2 Å². The lowest BCUT2D eigenvalue weighted by Gasteiger charge is -2.47. The minimum absolute atomic E-state index is 0.00711. The summed E-state index contributed by atoms with van der Waals surface area (Å²) in [6.07, 6.45) is -6.69. The number of aromatic amines is 1. The molecule has 5 heterocycles. The molecule has 3 aliphatic rings. The Labute approximate surface area is 389 Å². The number of phosphoric acid groups is 2. The van der Waals surface area contributed by atoms with Gasteiger partial charge in [0.25, 0.3) is 5.56 Å². The van der Waals surface area contributed by atoms with Gasteiger partial charge in [0.1, 0.15) is 43.2 Å². The average Bonchev–Trinajstić information content (AvgIpc) is 3.91. The van der Waals surface area contributed by atoms with Gasteiger partial charge in [-0.25, -0.2) is 33.5 Å². The van der Waals surface area contributed by atoms with Crippen LogP contribution >= 0.6 is 15.6 Å². The number of hydrogen-bond donors (Lipinski definition) is 5. The number of nitrogens with zero attached hydrogens (tertiary/aromatic N) is 7. The van der Waals surface area contributed by atoms with Gasteiger partial charge in [-0.05, 0) is 28.6 Å². The Morgan fingerprint density at radius 1 is 1.01 bits per heavy atom. The first-order chi connectivity index (χ1) is 31.4. The van der Waals surface area contributed by atoms with Crippen molar-refractivity contribution in [3.8, 4) is 6.07 Å². The number of phosphoric ester groups is 2. The Bertz CT molecular complexity index is 2380. The van der Waals surface area contributed by atoms with Crippen LogP contribution in [0, 0.1) is 23.2 Å². The zero-order valence-corrected chi connectivity index (χ0v) is 42.8. The number of nitrogens with one attached hydrogen (secondary N) is 3. The van der Waals surface area contributed by atoms with E-state index in [1.54, 1.807) is 13.8 Å². The van der Waals surface area contributed by atoms with Crippen molar-refractivity contribution in [3.05, 3.63) is 29.3 Å². The summed E-state index contributed by atoms with van der Waals surface area (Å²) in [5.41, 5.74) is -2.55. The van der Waals surface area contributed by atoms with E-state index in [2.05, 4.69) is 40.5 Å². The smallest absolute Gasteiger partial charge is 0.414 e. The maximum atomic E-state index is 16.4. The number of H-pyrrole nitrogens is 1. The van der Waals surface area contributed by atoms with Crippen molar-refractivity contribution in [2.24, 2.45) is 11.8 Å². The molecule has 5 N–H and O–H groups in total. The second kappa shape index (κ2) is 21.3. The van der Waals surface area contributed by atoms with Gasteiger partial charge in [-0.3, -0.25) is 47.1 Å². The zero-order chi connectivity index (χ0) is 49.2. The number of ether oxygens (including phenoxy) is 1. The molecule has 3 aromatic heterocycles. The van der Waals surface area contributed by atoms with Gasteiger partial charge >= 0.3 is 32.8 Å². The quantitative estimate of drug-likeness (QED) is 0.0671. The number of carbonyl (C=O) groups is 1. The Morgan fingerprint density at radius 3 is 2.30 bits per heavy atom. The van der Waals surface area contributed by atoms with Gasteiger partial charge in [0.2, 0.25) is 17.8 Å². The van der Waals surface area contributed by atoms with Gasteiger partial charge in [0, 0.05) is 11.8 Å². The third-order valence-electron chi connectivity index (χ3n) is 12.0. The molecule has 29 heteroatoms. The van der Waals surface area contributed by atoms with Crippen LogP contribution in [0.5, 0.6) is 0 Å². The zero-order valence-electron chi connectivity index (χ0n) is 39.0. The highest BCUT2D eigenvalue weighted by Crippen LogP contribution is 2.58. The van der Waals surface area contributed by atoms with Crippen LogP contribution in [0.2, 0.25) is 22.2 Å². The number of halogens is 1. The lowest BCUT2D eigenvalue weighted by Crippen LogP contribution is -2.62. The predicted octanol–water partition coefficient (Wildman–Crippen LogP) is 5.51. The van der Waals surface area contributed by atoms with Gasteiger partial charge in [-0.1, -0.05) is 69.2 Å². The SMILES string of the molecule is CC(C)C(=O)Nc1nc2c(ncn2[C@@H]2O[C@@H]3COP(=O)(O)O[C@@H]4[C@@H](CO[P@@](=O)(OCCC#N)O[C@@H]2[C@@H]3O[Si](O[Si](O)(C(C)C)C(C)C)(C(C)C)C(C)C)C[C@@H](Nc2ncncn2)[C@@H]4F)c(=O)[nH]1. The molecule has 0 spiro atoms. The number of carbonyl (C=O) groups excluding carboxylic acids is 1.